The molecule has 2 nitrogen and oxygen atoms in total. The van der Waals surface area contributed by atoms with Gasteiger partial charge in [-0.05, 0) is 31.9 Å². The van der Waals surface area contributed by atoms with Crippen molar-refractivity contribution in [1.29, 1.82) is 5.26 Å². The fourth-order valence-corrected chi connectivity index (χ4v) is 3.24. The van der Waals surface area contributed by atoms with Gasteiger partial charge in [-0.3, -0.25) is 0 Å². The minimum atomic E-state index is 0.714. The van der Waals surface area contributed by atoms with E-state index in [0.717, 1.165) is 16.3 Å². The molecule has 1 saturated carbocycles. The van der Waals surface area contributed by atoms with Gasteiger partial charge in [0, 0.05) is 10.9 Å². The van der Waals surface area contributed by atoms with Gasteiger partial charge in [0.25, 0.3) is 0 Å². The highest BCUT2D eigenvalue weighted by atomic mass is 32.2. The SMILES string of the molecule is Cc1cc(C#N)cc(SC2CCCC2)n1. The molecule has 3 heteroatoms. The summed E-state index contributed by atoms with van der Waals surface area (Å²) >= 11 is 1.83. The topological polar surface area (TPSA) is 36.7 Å². The van der Waals surface area contributed by atoms with E-state index in [4.69, 9.17) is 5.26 Å². The summed E-state index contributed by atoms with van der Waals surface area (Å²) in [7, 11) is 0. The summed E-state index contributed by atoms with van der Waals surface area (Å²) in [5, 5.41) is 10.6. The van der Waals surface area contributed by atoms with E-state index in [-0.39, 0.29) is 0 Å². The first-order valence-corrected chi connectivity index (χ1v) is 6.21. The van der Waals surface area contributed by atoms with Gasteiger partial charge in [0.15, 0.2) is 0 Å². The summed E-state index contributed by atoms with van der Waals surface area (Å²) in [6, 6.07) is 5.91. The van der Waals surface area contributed by atoms with E-state index in [9.17, 15) is 0 Å². The number of rotatable bonds is 2. The Morgan fingerprint density at radius 1 is 1.40 bits per heavy atom. The first-order chi connectivity index (χ1) is 7.28. The molecular weight excluding hydrogens is 204 g/mol. The van der Waals surface area contributed by atoms with Crippen LogP contribution in [0.3, 0.4) is 0 Å². The number of nitriles is 1. The molecular formula is C12H14N2S. The second-order valence-electron chi connectivity index (χ2n) is 3.97. The van der Waals surface area contributed by atoms with Crippen molar-refractivity contribution in [2.75, 3.05) is 0 Å². The maximum Gasteiger partial charge on any atom is 0.0993 e. The first-order valence-electron chi connectivity index (χ1n) is 5.33. The van der Waals surface area contributed by atoms with Crippen LogP contribution in [0.2, 0.25) is 0 Å². The predicted octanol–water partition coefficient (Wildman–Crippen LogP) is 3.30. The standard InChI is InChI=1S/C12H14N2S/c1-9-6-10(8-13)7-12(14-9)15-11-4-2-3-5-11/h6-7,11H,2-5H2,1H3. The Balaban J connectivity index is 2.13. The lowest BCUT2D eigenvalue weighted by Crippen LogP contribution is -1.96. The second kappa shape index (κ2) is 4.67. The highest BCUT2D eigenvalue weighted by molar-refractivity contribution is 7.99. The highest BCUT2D eigenvalue weighted by Gasteiger charge is 2.17. The monoisotopic (exact) mass is 218 g/mol. The van der Waals surface area contributed by atoms with Gasteiger partial charge in [-0.1, -0.05) is 12.8 Å². The lowest BCUT2D eigenvalue weighted by Gasteiger charge is -2.08. The van der Waals surface area contributed by atoms with E-state index in [1.807, 2.05) is 30.8 Å². The molecule has 0 aromatic carbocycles. The number of thioether (sulfide) groups is 1. The maximum absolute atomic E-state index is 8.86. The largest absolute Gasteiger partial charge is 0.247 e. The van der Waals surface area contributed by atoms with Crippen molar-refractivity contribution < 1.29 is 0 Å². The quantitative estimate of drug-likeness (QED) is 0.764. The van der Waals surface area contributed by atoms with Crippen LogP contribution in [0.4, 0.5) is 0 Å². The molecule has 0 saturated heterocycles. The van der Waals surface area contributed by atoms with Gasteiger partial charge in [0.1, 0.15) is 0 Å². The third-order valence-corrected chi connectivity index (χ3v) is 3.90. The van der Waals surface area contributed by atoms with Gasteiger partial charge in [0.2, 0.25) is 0 Å². The van der Waals surface area contributed by atoms with Crippen molar-refractivity contribution in [1.82, 2.24) is 4.98 Å². The molecule has 0 atom stereocenters. The fraction of sp³-hybridized carbons (Fsp3) is 0.500. The van der Waals surface area contributed by atoms with E-state index in [0.29, 0.717) is 5.25 Å². The lowest BCUT2D eigenvalue weighted by molar-refractivity contribution is 0.886. The molecule has 0 N–H and O–H groups in total. The third-order valence-electron chi connectivity index (χ3n) is 2.65. The van der Waals surface area contributed by atoms with Crippen molar-refractivity contribution >= 4 is 11.8 Å². The lowest BCUT2D eigenvalue weighted by atomic mass is 10.2. The number of hydrogen-bond acceptors (Lipinski definition) is 3. The number of pyridine rings is 1. The molecule has 1 fully saturated rings. The second-order valence-corrected chi connectivity index (χ2v) is 5.29. The number of hydrogen-bond donors (Lipinski definition) is 0. The van der Waals surface area contributed by atoms with E-state index in [1.165, 1.54) is 25.7 Å². The molecule has 0 bridgehead atoms. The van der Waals surface area contributed by atoms with E-state index >= 15 is 0 Å². The molecule has 1 aliphatic carbocycles. The summed E-state index contributed by atoms with van der Waals surface area (Å²) < 4.78 is 0. The fourth-order valence-electron chi connectivity index (χ4n) is 1.94. The molecule has 1 aromatic heterocycles. The van der Waals surface area contributed by atoms with Gasteiger partial charge >= 0.3 is 0 Å². The summed E-state index contributed by atoms with van der Waals surface area (Å²) in [6.45, 7) is 1.94. The minimum Gasteiger partial charge on any atom is -0.247 e. The minimum absolute atomic E-state index is 0.714. The van der Waals surface area contributed by atoms with Crippen LogP contribution in [0, 0.1) is 18.3 Å². The predicted molar refractivity (Wildman–Crippen MR) is 61.8 cm³/mol. The van der Waals surface area contributed by atoms with Gasteiger partial charge in [0.05, 0.1) is 16.7 Å². The molecule has 0 radical (unpaired) electrons. The molecule has 0 unspecified atom stereocenters. The molecule has 0 aliphatic heterocycles. The Bertz CT molecular complexity index is 389. The third kappa shape index (κ3) is 2.73. The van der Waals surface area contributed by atoms with E-state index in [2.05, 4.69) is 11.1 Å². The summed E-state index contributed by atoms with van der Waals surface area (Å²) in [5.41, 5.74) is 1.66. The Labute approximate surface area is 94.7 Å². The van der Waals surface area contributed by atoms with Crippen LogP contribution in [0.5, 0.6) is 0 Å². The summed E-state index contributed by atoms with van der Waals surface area (Å²) in [4.78, 5) is 4.46. The zero-order chi connectivity index (χ0) is 10.7. The van der Waals surface area contributed by atoms with E-state index in [1.54, 1.807) is 0 Å². The molecule has 15 heavy (non-hydrogen) atoms. The van der Waals surface area contributed by atoms with Gasteiger partial charge in [-0.2, -0.15) is 5.26 Å². The van der Waals surface area contributed by atoms with Crippen molar-refractivity contribution in [2.45, 2.75) is 42.9 Å². The summed E-state index contributed by atoms with van der Waals surface area (Å²) in [5.74, 6) is 0. The number of aryl methyl sites for hydroxylation is 1. The molecule has 2 rings (SSSR count). The molecule has 0 spiro atoms. The Morgan fingerprint density at radius 3 is 2.80 bits per heavy atom. The molecule has 1 aliphatic rings. The highest BCUT2D eigenvalue weighted by Crippen LogP contribution is 2.34. The maximum atomic E-state index is 8.86. The zero-order valence-corrected chi connectivity index (χ0v) is 9.68. The van der Waals surface area contributed by atoms with Crippen LogP contribution in [-0.4, -0.2) is 10.2 Å². The van der Waals surface area contributed by atoms with Crippen molar-refractivity contribution in [3.05, 3.63) is 23.4 Å². The van der Waals surface area contributed by atoms with Gasteiger partial charge in [-0.15, -0.1) is 11.8 Å². The van der Waals surface area contributed by atoms with Crippen LogP contribution < -0.4 is 0 Å². The van der Waals surface area contributed by atoms with Crippen molar-refractivity contribution in [3.8, 4) is 6.07 Å². The van der Waals surface area contributed by atoms with Crippen molar-refractivity contribution in [3.63, 3.8) is 0 Å². The van der Waals surface area contributed by atoms with Crippen LogP contribution in [-0.2, 0) is 0 Å². The van der Waals surface area contributed by atoms with Crippen LogP contribution in [0.1, 0.15) is 36.9 Å². The smallest absolute Gasteiger partial charge is 0.0993 e. The Morgan fingerprint density at radius 2 is 2.13 bits per heavy atom. The molecule has 78 valence electrons. The van der Waals surface area contributed by atoms with Crippen LogP contribution >= 0.6 is 11.8 Å². The average molecular weight is 218 g/mol. The zero-order valence-electron chi connectivity index (χ0n) is 8.86. The average Bonchev–Trinajstić information content (AvgIpc) is 2.69. The molecule has 0 amide bonds. The molecule has 1 aromatic rings. The van der Waals surface area contributed by atoms with Gasteiger partial charge in [-0.25, -0.2) is 4.98 Å². The first kappa shape index (κ1) is 10.5. The van der Waals surface area contributed by atoms with Crippen LogP contribution in [0.15, 0.2) is 17.2 Å². The summed E-state index contributed by atoms with van der Waals surface area (Å²) in [6.07, 6.45) is 5.27. The number of nitrogens with zero attached hydrogens (tertiary/aromatic N) is 2. The van der Waals surface area contributed by atoms with Gasteiger partial charge < -0.3 is 0 Å². The Kier molecular flexibility index (Phi) is 3.27. The van der Waals surface area contributed by atoms with Crippen LogP contribution in [0.25, 0.3) is 0 Å². The van der Waals surface area contributed by atoms with E-state index < -0.39 is 0 Å². The molecule has 1 heterocycles. The Hall–Kier alpha value is -1.01. The van der Waals surface area contributed by atoms with Crippen molar-refractivity contribution in [2.24, 2.45) is 0 Å². The number of aromatic nitrogens is 1. The normalized spacial score (nSPS) is 16.5.